The summed E-state index contributed by atoms with van der Waals surface area (Å²) in [5, 5.41) is 10.5. The molecule has 0 radical (unpaired) electrons. The molecule has 4 heterocycles. The first kappa shape index (κ1) is 24.5. The zero-order chi connectivity index (χ0) is 25.3. The minimum absolute atomic E-state index is 0.143. The van der Waals surface area contributed by atoms with Crippen molar-refractivity contribution in [1.82, 2.24) is 19.7 Å². The summed E-state index contributed by atoms with van der Waals surface area (Å²) < 4.78 is 45.1. The number of halogens is 3. The topological polar surface area (TPSA) is 97.2 Å². The molecule has 2 unspecified atom stereocenters. The summed E-state index contributed by atoms with van der Waals surface area (Å²) in [5.41, 5.74) is 2.73. The SMILES string of the molecule is COC(C)C1C(=O)Nc2c(cc(NCc3cnn(Cc4ccc(C(F)(F)F)nc4)c3)nc2C)N1C. The van der Waals surface area contributed by atoms with Crippen LogP contribution in [0.5, 0.6) is 0 Å². The van der Waals surface area contributed by atoms with Crippen LogP contribution in [0.4, 0.5) is 30.4 Å². The summed E-state index contributed by atoms with van der Waals surface area (Å²) in [6.07, 6.45) is -0.0782. The number of hydrogen-bond donors (Lipinski definition) is 2. The Morgan fingerprint density at radius 2 is 2.03 bits per heavy atom. The molecular formula is C23H26F3N7O2. The van der Waals surface area contributed by atoms with E-state index in [1.165, 1.54) is 12.3 Å². The number of alkyl halides is 3. The van der Waals surface area contributed by atoms with Crippen molar-refractivity contribution in [3.63, 3.8) is 0 Å². The van der Waals surface area contributed by atoms with Gasteiger partial charge in [0, 0.05) is 44.7 Å². The number of carbonyl (C=O) groups is 1. The predicted octanol–water partition coefficient (Wildman–Crippen LogP) is 3.45. The van der Waals surface area contributed by atoms with Crippen LogP contribution in [-0.4, -0.2) is 52.0 Å². The van der Waals surface area contributed by atoms with Gasteiger partial charge in [-0.3, -0.25) is 14.5 Å². The predicted molar refractivity (Wildman–Crippen MR) is 124 cm³/mol. The number of ether oxygens (including phenoxy) is 1. The maximum atomic E-state index is 12.7. The number of pyridine rings is 2. The maximum absolute atomic E-state index is 12.7. The van der Waals surface area contributed by atoms with Crippen LogP contribution in [-0.2, 0) is 28.8 Å². The lowest BCUT2D eigenvalue weighted by molar-refractivity contribution is -0.141. The smallest absolute Gasteiger partial charge is 0.379 e. The van der Waals surface area contributed by atoms with Crippen LogP contribution in [0.2, 0.25) is 0 Å². The van der Waals surface area contributed by atoms with Gasteiger partial charge in [-0.2, -0.15) is 18.3 Å². The monoisotopic (exact) mass is 489 g/mol. The Bertz CT molecular complexity index is 1210. The Kier molecular flexibility index (Phi) is 6.66. The van der Waals surface area contributed by atoms with Crippen molar-refractivity contribution < 1.29 is 22.7 Å². The standard InChI is InChI=1S/C23H26F3N7O2/c1-13-20-17(32(3)21(14(2)35-4)22(34)31-20)7-19(30-13)28-9-16-10-29-33(12-16)11-15-5-6-18(27-8-15)23(24,25)26/h5-8,10,12,14,21H,9,11H2,1-4H3,(H,28,30)(H,31,34). The van der Waals surface area contributed by atoms with E-state index in [9.17, 15) is 18.0 Å². The number of fused-ring (bicyclic) bond motifs is 1. The van der Waals surface area contributed by atoms with E-state index in [4.69, 9.17) is 4.74 Å². The third-order valence-electron chi connectivity index (χ3n) is 5.93. The molecule has 4 rings (SSSR count). The molecule has 1 aliphatic rings. The fraction of sp³-hybridized carbons (Fsp3) is 0.391. The van der Waals surface area contributed by atoms with Gasteiger partial charge in [0.1, 0.15) is 17.6 Å². The number of likely N-dealkylation sites (N-methyl/N-ethyl adjacent to an activating group) is 1. The van der Waals surface area contributed by atoms with Crippen molar-refractivity contribution in [2.75, 3.05) is 29.7 Å². The molecule has 1 amide bonds. The highest BCUT2D eigenvalue weighted by atomic mass is 19.4. The Labute approximate surface area is 200 Å². The summed E-state index contributed by atoms with van der Waals surface area (Å²) in [4.78, 5) is 22.5. The number of aromatic nitrogens is 4. The molecule has 0 saturated carbocycles. The highest BCUT2D eigenvalue weighted by Crippen LogP contribution is 2.36. The molecule has 0 aliphatic carbocycles. The maximum Gasteiger partial charge on any atom is 0.433 e. The highest BCUT2D eigenvalue weighted by molar-refractivity contribution is 6.04. The molecule has 0 fully saturated rings. The number of nitrogens with zero attached hydrogens (tertiary/aromatic N) is 5. The number of rotatable bonds is 7. The molecule has 0 bridgehead atoms. The molecule has 35 heavy (non-hydrogen) atoms. The van der Waals surface area contributed by atoms with E-state index >= 15 is 0 Å². The first-order chi connectivity index (χ1) is 16.6. The van der Waals surface area contributed by atoms with Crippen molar-refractivity contribution in [1.29, 1.82) is 0 Å². The third-order valence-corrected chi connectivity index (χ3v) is 5.93. The van der Waals surface area contributed by atoms with Gasteiger partial charge in [0.15, 0.2) is 0 Å². The molecule has 0 aromatic carbocycles. The van der Waals surface area contributed by atoms with Crippen molar-refractivity contribution in [3.05, 3.63) is 59.3 Å². The summed E-state index contributed by atoms with van der Waals surface area (Å²) in [5.74, 6) is 0.489. The molecule has 1 aliphatic heterocycles. The summed E-state index contributed by atoms with van der Waals surface area (Å²) in [6, 6.07) is 3.75. The van der Waals surface area contributed by atoms with E-state index in [0.717, 1.165) is 17.3 Å². The van der Waals surface area contributed by atoms with Gasteiger partial charge in [0.05, 0.1) is 35.9 Å². The minimum atomic E-state index is -4.46. The molecular weight excluding hydrogens is 463 g/mol. The zero-order valence-electron chi connectivity index (χ0n) is 19.7. The summed E-state index contributed by atoms with van der Waals surface area (Å²) in [7, 11) is 3.42. The van der Waals surface area contributed by atoms with Gasteiger partial charge in [-0.25, -0.2) is 4.98 Å². The number of carbonyl (C=O) groups excluding carboxylic acids is 1. The first-order valence-electron chi connectivity index (χ1n) is 10.9. The summed E-state index contributed by atoms with van der Waals surface area (Å²) >= 11 is 0. The van der Waals surface area contributed by atoms with E-state index in [2.05, 4.69) is 25.7 Å². The summed E-state index contributed by atoms with van der Waals surface area (Å²) in [6.45, 7) is 4.40. The Morgan fingerprint density at radius 1 is 1.26 bits per heavy atom. The molecule has 3 aromatic heterocycles. The van der Waals surface area contributed by atoms with Crippen LogP contribution < -0.4 is 15.5 Å². The lowest BCUT2D eigenvalue weighted by atomic mass is 10.0. The number of hydrogen-bond acceptors (Lipinski definition) is 7. The molecule has 186 valence electrons. The molecule has 2 N–H and O–H groups in total. The molecule has 2 atom stereocenters. The average molecular weight is 490 g/mol. The largest absolute Gasteiger partial charge is 0.433 e. The number of nitrogens with one attached hydrogen (secondary N) is 2. The van der Waals surface area contributed by atoms with Crippen LogP contribution in [0.1, 0.15) is 29.4 Å². The van der Waals surface area contributed by atoms with Gasteiger partial charge < -0.3 is 20.3 Å². The second kappa shape index (κ2) is 9.53. The van der Waals surface area contributed by atoms with Gasteiger partial charge in [-0.05, 0) is 25.5 Å². The van der Waals surface area contributed by atoms with E-state index in [1.807, 2.05) is 31.9 Å². The van der Waals surface area contributed by atoms with Gasteiger partial charge in [-0.1, -0.05) is 6.07 Å². The quantitative estimate of drug-likeness (QED) is 0.525. The van der Waals surface area contributed by atoms with Crippen LogP contribution in [0.15, 0.2) is 36.8 Å². The molecule has 3 aromatic rings. The molecule has 9 nitrogen and oxygen atoms in total. The number of amides is 1. The lowest BCUT2D eigenvalue weighted by Crippen LogP contribution is -2.52. The molecule has 0 spiro atoms. The lowest BCUT2D eigenvalue weighted by Gasteiger charge is -2.38. The van der Waals surface area contributed by atoms with Crippen molar-refractivity contribution in [2.45, 2.75) is 45.3 Å². The van der Waals surface area contributed by atoms with Crippen LogP contribution >= 0.6 is 0 Å². The van der Waals surface area contributed by atoms with Crippen molar-refractivity contribution >= 4 is 23.1 Å². The second-order valence-corrected chi connectivity index (χ2v) is 8.42. The number of methoxy groups -OCH3 is 1. The van der Waals surface area contributed by atoms with Crippen LogP contribution in [0.3, 0.4) is 0 Å². The van der Waals surface area contributed by atoms with Gasteiger partial charge in [0.2, 0.25) is 5.91 Å². The van der Waals surface area contributed by atoms with E-state index in [-0.39, 0.29) is 12.0 Å². The normalized spacial score (nSPS) is 16.6. The second-order valence-electron chi connectivity index (χ2n) is 8.42. The average Bonchev–Trinajstić information content (AvgIpc) is 3.25. The zero-order valence-corrected chi connectivity index (χ0v) is 19.7. The van der Waals surface area contributed by atoms with E-state index < -0.39 is 17.9 Å². The Balaban J connectivity index is 1.43. The van der Waals surface area contributed by atoms with E-state index in [1.54, 1.807) is 24.2 Å². The van der Waals surface area contributed by atoms with Gasteiger partial charge in [-0.15, -0.1) is 0 Å². The van der Waals surface area contributed by atoms with E-state index in [0.29, 0.717) is 35.9 Å². The molecule has 12 heteroatoms. The van der Waals surface area contributed by atoms with Crippen LogP contribution in [0.25, 0.3) is 0 Å². The number of anilines is 3. The number of aryl methyl sites for hydroxylation is 1. The fourth-order valence-electron chi connectivity index (χ4n) is 4.01. The van der Waals surface area contributed by atoms with Gasteiger partial charge in [0.25, 0.3) is 0 Å². The highest BCUT2D eigenvalue weighted by Gasteiger charge is 2.36. The fourth-order valence-corrected chi connectivity index (χ4v) is 4.01. The first-order valence-corrected chi connectivity index (χ1v) is 10.9. The van der Waals surface area contributed by atoms with Gasteiger partial charge >= 0.3 is 6.18 Å². The Morgan fingerprint density at radius 3 is 2.69 bits per heavy atom. The van der Waals surface area contributed by atoms with Crippen LogP contribution in [0, 0.1) is 6.92 Å². The Hall–Kier alpha value is -3.67. The third kappa shape index (κ3) is 5.21. The van der Waals surface area contributed by atoms with Crippen molar-refractivity contribution in [2.24, 2.45) is 0 Å². The van der Waals surface area contributed by atoms with Crippen molar-refractivity contribution in [3.8, 4) is 0 Å². The molecule has 0 saturated heterocycles. The minimum Gasteiger partial charge on any atom is -0.379 e.